The summed E-state index contributed by atoms with van der Waals surface area (Å²) in [6.07, 6.45) is -4.43. The summed E-state index contributed by atoms with van der Waals surface area (Å²) in [7, 11) is 0. The second-order valence-corrected chi connectivity index (χ2v) is 7.26. The van der Waals surface area contributed by atoms with E-state index < -0.39 is 17.0 Å². The third-order valence-corrected chi connectivity index (χ3v) is 4.97. The lowest BCUT2D eigenvalue weighted by Gasteiger charge is -2.05. The number of nitrogens with one attached hydrogen (secondary N) is 2. The van der Waals surface area contributed by atoms with Gasteiger partial charge in [-0.1, -0.05) is 11.6 Å². The normalized spacial score (nSPS) is 11.2. The molecule has 0 saturated carbocycles. The van der Waals surface area contributed by atoms with E-state index in [0.717, 1.165) is 17.8 Å². The number of benzene rings is 1. The first-order valence-electron chi connectivity index (χ1n) is 6.84. The SMILES string of the molecule is O=C(CSCC(=O)Nc1ccc(C(F)(F)F)s1)Nc1ccc(Cl)cc1. The molecule has 0 bridgehead atoms. The first-order valence-corrected chi connectivity index (χ1v) is 9.19. The Morgan fingerprint density at radius 2 is 1.60 bits per heavy atom. The predicted octanol–water partition coefficient (Wildman–Crippen LogP) is 4.73. The molecule has 1 aromatic heterocycles. The molecule has 2 amide bonds. The van der Waals surface area contributed by atoms with E-state index in [1.54, 1.807) is 24.3 Å². The summed E-state index contributed by atoms with van der Waals surface area (Å²) in [6.45, 7) is 0. The predicted molar refractivity (Wildman–Crippen MR) is 95.4 cm³/mol. The highest BCUT2D eigenvalue weighted by atomic mass is 35.5. The van der Waals surface area contributed by atoms with Crippen LogP contribution in [0.1, 0.15) is 4.88 Å². The zero-order valence-electron chi connectivity index (χ0n) is 12.5. The van der Waals surface area contributed by atoms with Crippen LogP contribution in [0.15, 0.2) is 36.4 Å². The van der Waals surface area contributed by atoms with Crippen LogP contribution in [0.25, 0.3) is 0 Å². The Bertz CT molecular complexity index is 748. The molecule has 4 nitrogen and oxygen atoms in total. The highest BCUT2D eigenvalue weighted by Crippen LogP contribution is 2.36. The first-order chi connectivity index (χ1) is 11.7. The number of anilines is 2. The van der Waals surface area contributed by atoms with Gasteiger partial charge >= 0.3 is 6.18 Å². The van der Waals surface area contributed by atoms with Crippen LogP contribution in [-0.2, 0) is 15.8 Å². The number of thioether (sulfide) groups is 1. The highest BCUT2D eigenvalue weighted by molar-refractivity contribution is 8.00. The molecule has 0 atom stereocenters. The van der Waals surface area contributed by atoms with E-state index in [1.807, 2.05) is 0 Å². The molecule has 0 saturated heterocycles. The molecule has 0 unspecified atom stereocenters. The number of carbonyl (C=O) groups excluding carboxylic acids is 2. The van der Waals surface area contributed by atoms with Gasteiger partial charge in [-0.05, 0) is 36.4 Å². The molecule has 0 aliphatic rings. The molecular formula is C15H12ClF3N2O2S2. The monoisotopic (exact) mass is 408 g/mol. The topological polar surface area (TPSA) is 58.2 Å². The molecule has 1 heterocycles. The van der Waals surface area contributed by atoms with Crippen molar-refractivity contribution < 1.29 is 22.8 Å². The molecule has 134 valence electrons. The Morgan fingerprint density at radius 1 is 1.00 bits per heavy atom. The summed E-state index contributed by atoms with van der Waals surface area (Å²) in [5, 5.41) is 5.68. The number of alkyl halides is 3. The van der Waals surface area contributed by atoms with E-state index >= 15 is 0 Å². The maximum atomic E-state index is 12.5. The van der Waals surface area contributed by atoms with Crippen molar-refractivity contribution in [3.63, 3.8) is 0 Å². The number of rotatable bonds is 6. The zero-order valence-corrected chi connectivity index (χ0v) is 14.9. The van der Waals surface area contributed by atoms with Gasteiger partial charge in [0.2, 0.25) is 11.8 Å². The van der Waals surface area contributed by atoms with Crippen LogP contribution in [0, 0.1) is 0 Å². The minimum atomic E-state index is -4.43. The van der Waals surface area contributed by atoms with Gasteiger partial charge in [0.25, 0.3) is 0 Å². The third-order valence-electron chi connectivity index (χ3n) is 2.74. The molecule has 0 aliphatic heterocycles. The lowest BCUT2D eigenvalue weighted by molar-refractivity contribution is -0.134. The van der Waals surface area contributed by atoms with Crippen molar-refractivity contribution in [2.75, 3.05) is 22.1 Å². The summed E-state index contributed by atoms with van der Waals surface area (Å²) in [5.74, 6) is -0.780. The smallest absolute Gasteiger partial charge is 0.325 e. The van der Waals surface area contributed by atoms with Crippen molar-refractivity contribution in [2.24, 2.45) is 0 Å². The number of carbonyl (C=O) groups is 2. The standard InChI is InChI=1S/C15H12ClF3N2O2S2/c16-9-1-3-10(4-2-9)20-12(22)7-24-8-13(23)21-14-6-5-11(25-14)15(17,18)19/h1-6H,7-8H2,(H,20,22)(H,21,23). The van der Waals surface area contributed by atoms with E-state index in [-0.39, 0.29) is 22.4 Å². The Labute approximate surface area is 154 Å². The zero-order chi connectivity index (χ0) is 18.4. The summed E-state index contributed by atoms with van der Waals surface area (Å²) >= 11 is 7.25. The van der Waals surface area contributed by atoms with Crippen LogP contribution >= 0.6 is 34.7 Å². The van der Waals surface area contributed by atoms with Crippen LogP contribution in [0.2, 0.25) is 5.02 Å². The number of amides is 2. The lowest BCUT2D eigenvalue weighted by atomic mass is 10.3. The van der Waals surface area contributed by atoms with E-state index in [2.05, 4.69) is 10.6 Å². The lowest BCUT2D eigenvalue weighted by Crippen LogP contribution is -2.18. The maximum Gasteiger partial charge on any atom is 0.425 e. The molecule has 10 heteroatoms. The van der Waals surface area contributed by atoms with Gasteiger partial charge in [0.05, 0.1) is 16.5 Å². The summed E-state index contributed by atoms with van der Waals surface area (Å²) < 4.78 is 37.4. The van der Waals surface area contributed by atoms with Crippen molar-refractivity contribution in [3.05, 3.63) is 46.3 Å². The molecular weight excluding hydrogens is 397 g/mol. The molecule has 25 heavy (non-hydrogen) atoms. The van der Waals surface area contributed by atoms with Crippen LogP contribution < -0.4 is 10.6 Å². The minimum absolute atomic E-state index is 0.0360. The summed E-state index contributed by atoms with van der Waals surface area (Å²) in [4.78, 5) is 22.6. The molecule has 0 spiro atoms. The number of hydrogen-bond acceptors (Lipinski definition) is 4. The van der Waals surface area contributed by atoms with Crippen molar-refractivity contribution in [1.82, 2.24) is 0 Å². The Morgan fingerprint density at radius 3 is 2.16 bits per heavy atom. The molecule has 0 fully saturated rings. The number of hydrogen-bond donors (Lipinski definition) is 2. The average Bonchev–Trinajstić information content (AvgIpc) is 2.98. The minimum Gasteiger partial charge on any atom is -0.325 e. The third kappa shape index (κ3) is 6.60. The fraction of sp³-hybridized carbons (Fsp3) is 0.200. The number of halogens is 4. The van der Waals surface area contributed by atoms with E-state index in [9.17, 15) is 22.8 Å². The van der Waals surface area contributed by atoms with Crippen LogP contribution in [0.3, 0.4) is 0 Å². The Hall–Kier alpha value is -1.71. The molecule has 2 N–H and O–H groups in total. The van der Waals surface area contributed by atoms with Crippen LogP contribution in [0.5, 0.6) is 0 Å². The van der Waals surface area contributed by atoms with E-state index in [1.165, 1.54) is 6.07 Å². The average molecular weight is 409 g/mol. The molecule has 0 radical (unpaired) electrons. The quantitative estimate of drug-likeness (QED) is 0.726. The second-order valence-electron chi connectivity index (χ2n) is 4.76. The summed E-state index contributed by atoms with van der Waals surface area (Å²) in [6, 6.07) is 8.66. The highest BCUT2D eigenvalue weighted by Gasteiger charge is 2.32. The van der Waals surface area contributed by atoms with Crippen molar-refractivity contribution in [3.8, 4) is 0 Å². The van der Waals surface area contributed by atoms with Gasteiger partial charge in [0.15, 0.2) is 0 Å². The molecule has 1 aromatic carbocycles. The van der Waals surface area contributed by atoms with Gasteiger partial charge in [-0.3, -0.25) is 9.59 Å². The summed E-state index contributed by atoms with van der Waals surface area (Å²) in [5.41, 5.74) is 0.581. The van der Waals surface area contributed by atoms with Gasteiger partial charge in [-0.15, -0.1) is 23.1 Å². The maximum absolute atomic E-state index is 12.5. The largest absolute Gasteiger partial charge is 0.425 e. The Kier molecular flexibility index (Phi) is 6.74. The second kappa shape index (κ2) is 8.59. The van der Waals surface area contributed by atoms with E-state index in [0.29, 0.717) is 22.0 Å². The molecule has 2 rings (SSSR count). The fourth-order valence-electron chi connectivity index (χ4n) is 1.70. The van der Waals surface area contributed by atoms with Gasteiger partial charge in [-0.2, -0.15) is 13.2 Å². The van der Waals surface area contributed by atoms with Gasteiger partial charge in [-0.25, -0.2) is 0 Å². The van der Waals surface area contributed by atoms with E-state index in [4.69, 9.17) is 11.6 Å². The van der Waals surface area contributed by atoms with Gasteiger partial charge in [0, 0.05) is 10.7 Å². The van der Waals surface area contributed by atoms with Crippen molar-refractivity contribution >= 4 is 57.2 Å². The fourth-order valence-corrected chi connectivity index (χ4v) is 3.23. The number of thiophene rings is 1. The van der Waals surface area contributed by atoms with Crippen LogP contribution in [-0.4, -0.2) is 23.3 Å². The van der Waals surface area contributed by atoms with Gasteiger partial charge < -0.3 is 10.6 Å². The van der Waals surface area contributed by atoms with Crippen LogP contribution in [0.4, 0.5) is 23.9 Å². The van der Waals surface area contributed by atoms with Crippen molar-refractivity contribution in [2.45, 2.75) is 6.18 Å². The molecule has 2 aromatic rings. The van der Waals surface area contributed by atoms with Crippen molar-refractivity contribution in [1.29, 1.82) is 0 Å². The van der Waals surface area contributed by atoms with Gasteiger partial charge in [0.1, 0.15) is 4.88 Å². The molecule has 0 aliphatic carbocycles. The Balaban J connectivity index is 1.72. The first kappa shape index (κ1) is 19.6.